The summed E-state index contributed by atoms with van der Waals surface area (Å²) in [5, 5.41) is 11.6. The van der Waals surface area contributed by atoms with E-state index in [4.69, 9.17) is 5.73 Å². The number of fused-ring (bicyclic) bond motifs is 2. The SMILES string of the molecule is CN(C)C(C)(O)c1cccc2nc(N)nc(C(=O)N3Cc4ccccc4C3)c12. The molecule has 0 radical (unpaired) electrons. The van der Waals surface area contributed by atoms with Crippen LogP contribution in [0.25, 0.3) is 10.9 Å². The number of benzene rings is 2. The van der Waals surface area contributed by atoms with Gasteiger partial charge in [-0.3, -0.25) is 9.69 Å². The molecule has 0 saturated heterocycles. The highest BCUT2D eigenvalue weighted by Gasteiger charge is 2.33. The summed E-state index contributed by atoms with van der Waals surface area (Å²) in [4.78, 5) is 25.4. The van der Waals surface area contributed by atoms with Gasteiger partial charge in [0.05, 0.1) is 5.52 Å². The van der Waals surface area contributed by atoms with Crippen molar-refractivity contribution in [1.29, 1.82) is 0 Å². The first kappa shape index (κ1) is 18.3. The van der Waals surface area contributed by atoms with E-state index in [1.165, 1.54) is 0 Å². The number of aromatic nitrogens is 2. The summed E-state index contributed by atoms with van der Waals surface area (Å²) in [6.45, 7) is 2.72. The Morgan fingerprint density at radius 2 is 1.75 bits per heavy atom. The van der Waals surface area contributed by atoms with Gasteiger partial charge in [0.1, 0.15) is 11.4 Å². The topological polar surface area (TPSA) is 95.6 Å². The van der Waals surface area contributed by atoms with Crippen molar-refractivity contribution in [1.82, 2.24) is 19.8 Å². The van der Waals surface area contributed by atoms with Gasteiger partial charge in [-0.2, -0.15) is 0 Å². The van der Waals surface area contributed by atoms with Crippen LogP contribution >= 0.6 is 0 Å². The van der Waals surface area contributed by atoms with Gasteiger partial charge < -0.3 is 15.7 Å². The predicted molar refractivity (Wildman–Crippen MR) is 107 cm³/mol. The Hall–Kier alpha value is -3.03. The van der Waals surface area contributed by atoms with Crippen molar-refractivity contribution in [2.45, 2.75) is 25.7 Å². The van der Waals surface area contributed by atoms with Crippen LogP contribution in [0.3, 0.4) is 0 Å². The number of carbonyl (C=O) groups is 1. The van der Waals surface area contributed by atoms with Crippen LogP contribution in [0, 0.1) is 0 Å². The highest BCUT2D eigenvalue weighted by molar-refractivity contribution is 6.06. The van der Waals surface area contributed by atoms with Crippen LogP contribution in [0.1, 0.15) is 34.1 Å². The minimum Gasteiger partial charge on any atom is -0.372 e. The number of nitrogens with zero attached hydrogens (tertiary/aromatic N) is 4. The van der Waals surface area contributed by atoms with Crippen molar-refractivity contribution in [3.8, 4) is 0 Å². The number of anilines is 1. The number of hydrogen-bond acceptors (Lipinski definition) is 6. The van der Waals surface area contributed by atoms with Crippen molar-refractivity contribution in [3.63, 3.8) is 0 Å². The molecular formula is C21H23N5O2. The van der Waals surface area contributed by atoms with E-state index in [2.05, 4.69) is 9.97 Å². The molecule has 1 atom stereocenters. The summed E-state index contributed by atoms with van der Waals surface area (Å²) in [5.41, 5.74) is 8.16. The van der Waals surface area contributed by atoms with Gasteiger partial charge in [-0.15, -0.1) is 0 Å². The number of hydrogen-bond donors (Lipinski definition) is 2. The summed E-state index contributed by atoms with van der Waals surface area (Å²) < 4.78 is 0. The van der Waals surface area contributed by atoms with Crippen LogP contribution in [0.4, 0.5) is 5.95 Å². The van der Waals surface area contributed by atoms with E-state index in [0.29, 0.717) is 29.6 Å². The van der Waals surface area contributed by atoms with Gasteiger partial charge in [-0.25, -0.2) is 9.97 Å². The third kappa shape index (κ3) is 2.89. The second-order valence-electron chi connectivity index (χ2n) is 7.48. The second-order valence-corrected chi connectivity index (χ2v) is 7.48. The zero-order valence-corrected chi connectivity index (χ0v) is 16.2. The molecule has 1 aliphatic heterocycles. The molecule has 0 fully saturated rings. The molecule has 1 aromatic heterocycles. The Morgan fingerprint density at radius 1 is 1.11 bits per heavy atom. The summed E-state index contributed by atoms with van der Waals surface area (Å²) in [6, 6.07) is 13.3. The fraction of sp³-hybridized carbons (Fsp3) is 0.286. The fourth-order valence-corrected chi connectivity index (χ4v) is 3.62. The average Bonchev–Trinajstić information content (AvgIpc) is 3.10. The average molecular weight is 377 g/mol. The van der Waals surface area contributed by atoms with Gasteiger partial charge in [-0.05, 0) is 38.2 Å². The molecule has 28 heavy (non-hydrogen) atoms. The highest BCUT2D eigenvalue weighted by atomic mass is 16.3. The molecule has 7 nitrogen and oxygen atoms in total. The monoisotopic (exact) mass is 377 g/mol. The van der Waals surface area contributed by atoms with E-state index in [9.17, 15) is 9.90 Å². The number of aliphatic hydroxyl groups is 1. The molecule has 3 N–H and O–H groups in total. The first-order valence-electron chi connectivity index (χ1n) is 9.11. The van der Waals surface area contributed by atoms with Crippen LogP contribution < -0.4 is 5.73 Å². The van der Waals surface area contributed by atoms with Gasteiger partial charge in [0.2, 0.25) is 5.95 Å². The summed E-state index contributed by atoms with van der Waals surface area (Å²) in [6.07, 6.45) is 0. The minimum atomic E-state index is -1.30. The first-order valence-corrected chi connectivity index (χ1v) is 9.11. The maximum Gasteiger partial charge on any atom is 0.273 e. The van der Waals surface area contributed by atoms with Crippen molar-refractivity contribution in [2.24, 2.45) is 0 Å². The molecule has 4 rings (SSSR count). The van der Waals surface area contributed by atoms with Gasteiger partial charge in [0.15, 0.2) is 0 Å². The molecule has 0 saturated carbocycles. The van der Waals surface area contributed by atoms with Crippen molar-refractivity contribution in [3.05, 3.63) is 64.8 Å². The molecule has 0 spiro atoms. The van der Waals surface area contributed by atoms with Gasteiger partial charge in [-0.1, -0.05) is 36.4 Å². The predicted octanol–water partition coefficient (Wildman–Crippen LogP) is 2.09. The lowest BCUT2D eigenvalue weighted by atomic mass is 9.96. The zero-order chi connectivity index (χ0) is 20.1. The Morgan fingerprint density at radius 3 is 2.36 bits per heavy atom. The van der Waals surface area contributed by atoms with E-state index < -0.39 is 5.72 Å². The standard InChI is InChI=1S/C21H23N5O2/c1-21(28,25(2)3)15-9-6-10-16-17(15)18(24-20(22)23-16)19(27)26-11-13-7-4-5-8-14(13)12-26/h4-10,28H,11-12H2,1-3H3,(H2,22,23,24). The Kier molecular flexibility index (Phi) is 4.28. The molecule has 2 heterocycles. The van der Waals surface area contributed by atoms with Crippen LogP contribution in [-0.4, -0.2) is 44.9 Å². The van der Waals surface area contributed by atoms with E-state index in [0.717, 1.165) is 11.1 Å². The summed E-state index contributed by atoms with van der Waals surface area (Å²) in [7, 11) is 3.55. The molecular weight excluding hydrogens is 354 g/mol. The molecule has 3 aromatic rings. The molecule has 0 aliphatic carbocycles. The smallest absolute Gasteiger partial charge is 0.273 e. The zero-order valence-electron chi connectivity index (χ0n) is 16.2. The maximum absolute atomic E-state index is 13.4. The lowest BCUT2D eigenvalue weighted by Gasteiger charge is -2.32. The molecule has 1 unspecified atom stereocenters. The Labute approximate surface area is 163 Å². The van der Waals surface area contributed by atoms with Gasteiger partial charge >= 0.3 is 0 Å². The minimum absolute atomic E-state index is 0.0363. The highest BCUT2D eigenvalue weighted by Crippen LogP contribution is 2.33. The van der Waals surface area contributed by atoms with Crippen LogP contribution in [0.5, 0.6) is 0 Å². The lowest BCUT2D eigenvalue weighted by Crippen LogP contribution is -2.39. The van der Waals surface area contributed by atoms with Gasteiger partial charge in [0.25, 0.3) is 5.91 Å². The maximum atomic E-state index is 13.4. The number of rotatable bonds is 3. The summed E-state index contributed by atoms with van der Waals surface area (Å²) >= 11 is 0. The molecule has 1 aliphatic rings. The molecule has 1 amide bonds. The Bertz CT molecular complexity index is 1050. The fourth-order valence-electron chi connectivity index (χ4n) is 3.62. The van der Waals surface area contributed by atoms with Crippen molar-refractivity contribution in [2.75, 3.05) is 19.8 Å². The van der Waals surface area contributed by atoms with Gasteiger partial charge in [0, 0.05) is 24.0 Å². The van der Waals surface area contributed by atoms with E-state index >= 15 is 0 Å². The third-order valence-corrected chi connectivity index (χ3v) is 5.45. The largest absolute Gasteiger partial charge is 0.372 e. The Balaban J connectivity index is 1.86. The first-order chi connectivity index (χ1) is 13.3. The molecule has 0 bridgehead atoms. The number of amides is 1. The normalized spacial score (nSPS) is 15.7. The van der Waals surface area contributed by atoms with Crippen LogP contribution in [-0.2, 0) is 18.8 Å². The molecule has 2 aromatic carbocycles. The van der Waals surface area contributed by atoms with Crippen LogP contribution in [0.15, 0.2) is 42.5 Å². The third-order valence-electron chi connectivity index (χ3n) is 5.45. The summed E-state index contributed by atoms with van der Waals surface area (Å²) in [5.74, 6) is -0.188. The lowest BCUT2D eigenvalue weighted by molar-refractivity contribution is -0.0708. The number of nitrogen functional groups attached to an aromatic ring is 1. The van der Waals surface area contributed by atoms with Crippen LogP contribution in [0.2, 0.25) is 0 Å². The second kappa shape index (κ2) is 6.54. The van der Waals surface area contributed by atoms with Crippen molar-refractivity contribution < 1.29 is 9.90 Å². The van der Waals surface area contributed by atoms with E-state index in [1.54, 1.807) is 49.0 Å². The van der Waals surface area contributed by atoms with Crippen molar-refractivity contribution >= 4 is 22.8 Å². The number of carbonyl (C=O) groups excluding carboxylic acids is 1. The molecule has 144 valence electrons. The molecule has 7 heteroatoms. The quantitative estimate of drug-likeness (QED) is 0.679. The number of nitrogens with two attached hydrogens (primary N) is 1. The van der Waals surface area contributed by atoms with E-state index in [1.807, 2.05) is 24.3 Å². The van der Waals surface area contributed by atoms with E-state index in [-0.39, 0.29) is 17.5 Å².